The largest absolute Gasteiger partial charge is 0.504 e. The molecule has 0 saturated carbocycles. The molecule has 0 radical (unpaired) electrons. The highest BCUT2D eigenvalue weighted by molar-refractivity contribution is 5.40. The van der Waals surface area contributed by atoms with Crippen LogP contribution in [-0.4, -0.2) is 28.0 Å². The van der Waals surface area contributed by atoms with Crippen molar-refractivity contribution < 1.29 is 9.84 Å². The summed E-state index contributed by atoms with van der Waals surface area (Å²) in [5.74, 6) is 1.87. The van der Waals surface area contributed by atoms with Crippen LogP contribution in [0.5, 0.6) is 17.2 Å². The molecule has 1 fully saturated rings. The van der Waals surface area contributed by atoms with Gasteiger partial charge in [0.1, 0.15) is 0 Å². The van der Waals surface area contributed by atoms with Crippen LogP contribution in [0.2, 0.25) is 0 Å². The minimum Gasteiger partial charge on any atom is -0.504 e. The molecular formula is C14H17N3O2. The number of aromatic hydroxyl groups is 1. The Labute approximate surface area is 111 Å². The lowest BCUT2D eigenvalue weighted by atomic mass is 10.1. The molecule has 1 unspecified atom stereocenters. The van der Waals surface area contributed by atoms with Crippen molar-refractivity contribution in [1.82, 2.24) is 15.1 Å². The number of hydrogen-bond donors (Lipinski definition) is 2. The highest BCUT2D eigenvalue weighted by atomic mass is 16.5. The summed E-state index contributed by atoms with van der Waals surface area (Å²) in [5.41, 5.74) is 0. The van der Waals surface area contributed by atoms with E-state index >= 15 is 0 Å². The lowest BCUT2D eigenvalue weighted by Gasteiger charge is -2.07. The maximum absolute atomic E-state index is 9.65. The van der Waals surface area contributed by atoms with E-state index in [4.69, 9.17) is 4.74 Å². The Morgan fingerprint density at radius 1 is 1.42 bits per heavy atom. The van der Waals surface area contributed by atoms with E-state index in [1.54, 1.807) is 24.4 Å². The van der Waals surface area contributed by atoms with Crippen LogP contribution in [0, 0.1) is 5.92 Å². The summed E-state index contributed by atoms with van der Waals surface area (Å²) < 4.78 is 7.50. The predicted molar refractivity (Wildman–Crippen MR) is 71.4 cm³/mol. The third-order valence-electron chi connectivity index (χ3n) is 3.31. The minimum atomic E-state index is 0.134. The zero-order valence-corrected chi connectivity index (χ0v) is 10.6. The van der Waals surface area contributed by atoms with Gasteiger partial charge in [0.05, 0.1) is 12.4 Å². The van der Waals surface area contributed by atoms with Gasteiger partial charge in [0.15, 0.2) is 17.2 Å². The molecule has 2 heterocycles. The van der Waals surface area contributed by atoms with Gasteiger partial charge in [-0.25, -0.2) is 0 Å². The van der Waals surface area contributed by atoms with Crippen LogP contribution in [-0.2, 0) is 6.54 Å². The number of rotatable bonds is 4. The molecular weight excluding hydrogens is 242 g/mol. The van der Waals surface area contributed by atoms with E-state index in [1.807, 2.05) is 16.9 Å². The van der Waals surface area contributed by atoms with Crippen LogP contribution in [0.3, 0.4) is 0 Å². The molecule has 2 aromatic rings. The number of aromatic nitrogens is 2. The van der Waals surface area contributed by atoms with Crippen molar-refractivity contribution in [2.45, 2.75) is 13.0 Å². The van der Waals surface area contributed by atoms with E-state index in [9.17, 15) is 5.11 Å². The van der Waals surface area contributed by atoms with Crippen LogP contribution in [0.25, 0.3) is 0 Å². The Balaban J connectivity index is 1.66. The quantitative estimate of drug-likeness (QED) is 0.881. The molecule has 0 amide bonds. The van der Waals surface area contributed by atoms with Crippen LogP contribution in [0.15, 0.2) is 36.7 Å². The molecule has 0 aliphatic carbocycles. The van der Waals surface area contributed by atoms with E-state index in [2.05, 4.69) is 10.4 Å². The van der Waals surface area contributed by atoms with Gasteiger partial charge >= 0.3 is 0 Å². The highest BCUT2D eigenvalue weighted by Crippen LogP contribution is 2.29. The molecule has 0 spiro atoms. The normalized spacial score (nSPS) is 18.6. The number of phenolic OH excluding ortho intramolecular Hbond substituents is 1. The first kappa shape index (κ1) is 12.0. The second-order valence-corrected chi connectivity index (χ2v) is 4.83. The first-order valence-electron chi connectivity index (χ1n) is 6.50. The van der Waals surface area contributed by atoms with Crippen molar-refractivity contribution in [2.75, 3.05) is 13.1 Å². The summed E-state index contributed by atoms with van der Waals surface area (Å²) in [7, 11) is 0. The van der Waals surface area contributed by atoms with Crippen molar-refractivity contribution in [1.29, 1.82) is 0 Å². The fourth-order valence-corrected chi connectivity index (χ4v) is 2.30. The highest BCUT2D eigenvalue weighted by Gasteiger charge is 2.15. The Bertz CT molecular complexity index is 547. The summed E-state index contributed by atoms with van der Waals surface area (Å²) in [6.07, 6.45) is 4.73. The van der Waals surface area contributed by atoms with Crippen LogP contribution >= 0.6 is 0 Å². The van der Waals surface area contributed by atoms with Crippen molar-refractivity contribution in [2.24, 2.45) is 5.92 Å². The number of para-hydroxylation sites is 2. The van der Waals surface area contributed by atoms with E-state index in [0.717, 1.165) is 19.6 Å². The van der Waals surface area contributed by atoms with Gasteiger partial charge in [0.2, 0.25) is 0 Å². The molecule has 1 saturated heterocycles. The molecule has 5 nitrogen and oxygen atoms in total. The van der Waals surface area contributed by atoms with Gasteiger partial charge < -0.3 is 15.2 Å². The monoisotopic (exact) mass is 259 g/mol. The van der Waals surface area contributed by atoms with E-state index in [1.165, 1.54) is 6.42 Å². The Morgan fingerprint density at radius 3 is 3.11 bits per heavy atom. The number of phenols is 1. The number of nitrogens with one attached hydrogen (secondary N) is 1. The Hall–Kier alpha value is -2.01. The fraction of sp³-hybridized carbons (Fsp3) is 0.357. The molecule has 1 aliphatic heterocycles. The third-order valence-corrected chi connectivity index (χ3v) is 3.31. The average molecular weight is 259 g/mol. The van der Waals surface area contributed by atoms with Gasteiger partial charge in [-0.05, 0) is 37.6 Å². The SMILES string of the molecule is Oc1ccccc1Oc1cnn(CC2CCNC2)c1. The maximum Gasteiger partial charge on any atom is 0.169 e. The lowest BCUT2D eigenvalue weighted by molar-refractivity contribution is 0.409. The van der Waals surface area contributed by atoms with Crippen molar-refractivity contribution in [3.8, 4) is 17.2 Å². The average Bonchev–Trinajstić information content (AvgIpc) is 3.05. The topological polar surface area (TPSA) is 59.3 Å². The third kappa shape index (κ3) is 2.88. The van der Waals surface area contributed by atoms with E-state index in [-0.39, 0.29) is 5.75 Å². The molecule has 100 valence electrons. The molecule has 1 aliphatic rings. The van der Waals surface area contributed by atoms with Crippen LogP contribution in [0.4, 0.5) is 0 Å². The van der Waals surface area contributed by atoms with Crippen LogP contribution < -0.4 is 10.1 Å². The zero-order valence-electron chi connectivity index (χ0n) is 10.6. The smallest absolute Gasteiger partial charge is 0.169 e. The van der Waals surface area contributed by atoms with Crippen molar-refractivity contribution in [3.05, 3.63) is 36.7 Å². The summed E-state index contributed by atoms with van der Waals surface area (Å²) >= 11 is 0. The number of benzene rings is 1. The van der Waals surface area contributed by atoms with Crippen molar-refractivity contribution >= 4 is 0 Å². The second kappa shape index (κ2) is 5.32. The predicted octanol–water partition coefficient (Wildman–Crippen LogP) is 1.99. The zero-order chi connectivity index (χ0) is 13.1. The standard InChI is InChI=1S/C14H17N3O2/c18-13-3-1-2-4-14(13)19-12-8-16-17(10-12)9-11-5-6-15-7-11/h1-4,8,10-11,15,18H,5-7,9H2. The van der Waals surface area contributed by atoms with Gasteiger partial charge in [0.25, 0.3) is 0 Å². The van der Waals surface area contributed by atoms with Crippen LogP contribution in [0.1, 0.15) is 6.42 Å². The number of hydrogen-bond acceptors (Lipinski definition) is 4. The first-order valence-corrected chi connectivity index (χ1v) is 6.50. The second-order valence-electron chi connectivity index (χ2n) is 4.83. The molecule has 5 heteroatoms. The van der Waals surface area contributed by atoms with Gasteiger partial charge in [-0.2, -0.15) is 5.10 Å². The first-order chi connectivity index (χ1) is 9.31. The molecule has 0 bridgehead atoms. The summed E-state index contributed by atoms with van der Waals surface area (Å²) in [6.45, 7) is 3.04. The summed E-state index contributed by atoms with van der Waals surface area (Å²) in [4.78, 5) is 0. The van der Waals surface area contributed by atoms with Gasteiger partial charge in [-0.3, -0.25) is 4.68 Å². The molecule has 1 aromatic heterocycles. The Kier molecular flexibility index (Phi) is 3.37. The molecule has 1 atom stereocenters. The molecule has 2 N–H and O–H groups in total. The lowest BCUT2D eigenvalue weighted by Crippen LogP contribution is -2.14. The summed E-state index contributed by atoms with van der Waals surface area (Å²) in [6, 6.07) is 6.92. The van der Waals surface area contributed by atoms with E-state index < -0.39 is 0 Å². The van der Waals surface area contributed by atoms with Gasteiger partial charge in [0, 0.05) is 6.54 Å². The summed E-state index contributed by atoms with van der Waals surface area (Å²) in [5, 5.41) is 17.3. The number of nitrogens with zero attached hydrogens (tertiary/aromatic N) is 2. The van der Waals surface area contributed by atoms with Gasteiger partial charge in [-0.1, -0.05) is 12.1 Å². The Morgan fingerprint density at radius 2 is 2.32 bits per heavy atom. The fourth-order valence-electron chi connectivity index (χ4n) is 2.30. The van der Waals surface area contributed by atoms with Gasteiger partial charge in [-0.15, -0.1) is 0 Å². The molecule has 19 heavy (non-hydrogen) atoms. The van der Waals surface area contributed by atoms with E-state index in [0.29, 0.717) is 17.4 Å². The molecule has 3 rings (SSSR count). The number of ether oxygens (including phenoxy) is 1. The minimum absolute atomic E-state index is 0.134. The maximum atomic E-state index is 9.65. The van der Waals surface area contributed by atoms with Crippen molar-refractivity contribution in [3.63, 3.8) is 0 Å². The molecule has 1 aromatic carbocycles.